The molecule has 0 saturated carbocycles. The van der Waals surface area contributed by atoms with E-state index in [1.807, 2.05) is 0 Å². The van der Waals surface area contributed by atoms with E-state index in [2.05, 4.69) is 17.1 Å². The fourth-order valence-electron chi connectivity index (χ4n) is 2.58. The Labute approximate surface area is 124 Å². The molecule has 1 aromatic carbocycles. The van der Waals surface area contributed by atoms with Gasteiger partial charge in [-0.2, -0.15) is 0 Å². The number of hydrogen-bond donors (Lipinski definition) is 2. The first-order valence-corrected chi connectivity index (χ1v) is 7.21. The summed E-state index contributed by atoms with van der Waals surface area (Å²) in [4.78, 5) is 14.5. The maximum absolute atomic E-state index is 13.9. The summed E-state index contributed by atoms with van der Waals surface area (Å²) in [5, 5.41) is 2.89. The molecule has 21 heavy (non-hydrogen) atoms. The van der Waals surface area contributed by atoms with Crippen LogP contribution in [0.1, 0.15) is 30.1 Å². The molecule has 3 N–H and O–H groups in total. The van der Waals surface area contributed by atoms with Crippen molar-refractivity contribution in [1.82, 2.24) is 10.2 Å². The number of carbonyl (C=O) groups is 1. The van der Waals surface area contributed by atoms with Crippen molar-refractivity contribution in [3.05, 3.63) is 23.5 Å². The van der Waals surface area contributed by atoms with Crippen molar-refractivity contribution in [2.45, 2.75) is 25.8 Å². The number of benzene rings is 1. The van der Waals surface area contributed by atoms with Crippen LogP contribution in [0.3, 0.4) is 0 Å². The van der Waals surface area contributed by atoms with Gasteiger partial charge in [0, 0.05) is 25.2 Å². The summed E-state index contributed by atoms with van der Waals surface area (Å²) < 4.78 is 18.9. The summed E-state index contributed by atoms with van der Waals surface area (Å²) in [5.74, 6) is -0.736. The smallest absolute Gasteiger partial charge is 0.254 e. The Kier molecular flexibility index (Phi) is 5.01. The fourth-order valence-corrected chi connectivity index (χ4v) is 2.58. The van der Waals surface area contributed by atoms with E-state index in [1.165, 1.54) is 13.2 Å². The summed E-state index contributed by atoms with van der Waals surface area (Å²) in [5.41, 5.74) is 5.77. The van der Waals surface area contributed by atoms with E-state index in [-0.39, 0.29) is 17.3 Å². The van der Waals surface area contributed by atoms with E-state index in [0.29, 0.717) is 5.75 Å². The minimum Gasteiger partial charge on any atom is -0.495 e. The number of amides is 1. The molecule has 0 spiro atoms. The van der Waals surface area contributed by atoms with E-state index in [9.17, 15) is 9.18 Å². The molecule has 1 aromatic rings. The van der Waals surface area contributed by atoms with Crippen molar-refractivity contribution in [1.29, 1.82) is 0 Å². The van der Waals surface area contributed by atoms with Gasteiger partial charge in [0.15, 0.2) is 0 Å². The Bertz CT molecular complexity index is 514. The molecule has 0 aromatic heterocycles. The van der Waals surface area contributed by atoms with Crippen LogP contribution in [0, 0.1) is 5.82 Å². The van der Waals surface area contributed by atoms with E-state index in [1.54, 1.807) is 0 Å². The zero-order valence-corrected chi connectivity index (χ0v) is 12.5. The number of carbonyl (C=O) groups excluding carboxylic acids is 1. The first-order valence-electron chi connectivity index (χ1n) is 7.21. The van der Waals surface area contributed by atoms with Crippen LogP contribution in [0.4, 0.5) is 10.1 Å². The van der Waals surface area contributed by atoms with Gasteiger partial charge in [-0.25, -0.2) is 4.39 Å². The molecule has 1 amide bonds. The molecule has 6 heteroatoms. The molecule has 0 aliphatic carbocycles. The highest BCUT2D eigenvalue weighted by Gasteiger charge is 2.22. The van der Waals surface area contributed by atoms with Crippen molar-refractivity contribution in [3.63, 3.8) is 0 Å². The quantitative estimate of drug-likeness (QED) is 0.829. The van der Waals surface area contributed by atoms with Crippen LogP contribution in [0.5, 0.6) is 5.75 Å². The number of ether oxygens (including phenoxy) is 1. The second-order valence-electron chi connectivity index (χ2n) is 5.26. The van der Waals surface area contributed by atoms with Gasteiger partial charge in [0.25, 0.3) is 5.91 Å². The summed E-state index contributed by atoms with van der Waals surface area (Å²) >= 11 is 0. The number of anilines is 1. The molecular formula is C15H22FN3O2. The highest BCUT2D eigenvalue weighted by atomic mass is 19.1. The number of piperidine rings is 1. The number of likely N-dealkylation sites (tertiary alicyclic amines) is 1. The van der Waals surface area contributed by atoms with Gasteiger partial charge in [-0.1, -0.05) is 6.92 Å². The molecule has 1 heterocycles. The average Bonchev–Trinajstić information content (AvgIpc) is 2.48. The molecule has 0 unspecified atom stereocenters. The molecule has 1 saturated heterocycles. The van der Waals surface area contributed by atoms with E-state index in [0.717, 1.165) is 38.5 Å². The van der Waals surface area contributed by atoms with Crippen molar-refractivity contribution in [3.8, 4) is 5.75 Å². The van der Waals surface area contributed by atoms with Gasteiger partial charge in [0.2, 0.25) is 0 Å². The number of nitrogen functional groups attached to an aromatic ring is 1. The number of nitrogens with zero attached hydrogens (tertiary/aromatic N) is 1. The van der Waals surface area contributed by atoms with Crippen LogP contribution in [0.15, 0.2) is 12.1 Å². The van der Waals surface area contributed by atoms with Gasteiger partial charge in [0.05, 0.1) is 18.4 Å². The van der Waals surface area contributed by atoms with Crippen LogP contribution in [0.2, 0.25) is 0 Å². The van der Waals surface area contributed by atoms with Crippen molar-refractivity contribution in [2.75, 3.05) is 32.5 Å². The minimum absolute atomic E-state index is 0.0287. The Hall–Kier alpha value is -1.82. The van der Waals surface area contributed by atoms with Gasteiger partial charge in [-0.15, -0.1) is 0 Å². The normalized spacial score (nSPS) is 16.7. The predicted octanol–water partition coefficient (Wildman–Crippen LogP) is 1.63. The molecular weight excluding hydrogens is 273 g/mol. The lowest BCUT2D eigenvalue weighted by Crippen LogP contribution is -2.44. The minimum atomic E-state index is -0.628. The number of halogens is 1. The predicted molar refractivity (Wildman–Crippen MR) is 80.0 cm³/mol. The molecule has 0 bridgehead atoms. The second kappa shape index (κ2) is 6.76. The van der Waals surface area contributed by atoms with Gasteiger partial charge in [-0.3, -0.25) is 4.79 Å². The number of rotatable bonds is 4. The third kappa shape index (κ3) is 3.64. The second-order valence-corrected chi connectivity index (χ2v) is 5.26. The van der Waals surface area contributed by atoms with Crippen LogP contribution < -0.4 is 15.8 Å². The van der Waals surface area contributed by atoms with Crippen molar-refractivity contribution >= 4 is 11.6 Å². The van der Waals surface area contributed by atoms with Crippen LogP contribution in [0.25, 0.3) is 0 Å². The van der Waals surface area contributed by atoms with Crippen LogP contribution in [-0.2, 0) is 0 Å². The highest BCUT2D eigenvalue weighted by molar-refractivity contribution is 5.95. The molecule has 5 nitrogen and oxygen atoms in total. The van der Waals surface area contributed by atoms with E-state index < -0.39 is 11.7 Å². The standard InChI is InChI=1S/C15H22FN3O2/c1-3-19-6-4-10(5-7-19)18-15(20)11-8-14(21-2)13(17)9-12(11)16/h8-10H,3-7,17H2,1-2H3,(H,18,20). The first-order chi connectivity index (χ1) is 10.0. The van der Waals surface area contributed by atoms with Gasteiger partial charge in [-0.05, 0) is 25.5 Å². The lowest BCUT2D eigenvalue weighted by atomic mass is 10.0. The summed E-state index contributed by atoms with van der Waals surface area (Å²) in [6, 6.07) is 2.55. The molecule has 2 rings (SSSR count). The van der Waals surface area contributed by atoms with Gasteiger partial charge >= 0.3 is 0 Å². The summed E-state index contributed by atoms with van der Waals surface area (Å²) in [6.45, 7) is 5.05. The molecule has 0 radical (unpaired) electrons. The Morgan fingerprint density at radius 3 is 2.71 bits per heavy atom. The first kappa shape index (κ1) is 15.6. The summed E-state index contributed by atoms with van der Waals surface area (Å²) in [7, 11) is 1.44. The number of methoxy groups -OCH3 is 1. The molecule has 1 aliphatic rings. The van der Waals surface area contributed by atoms with Crippen molar-refractivity contribution < 1.29 is 13.9 Å². The monoisotopic (exact) mass is 295 g/mol. The Morgan fingerprint density at radius 2 is 2.14 bits per heavy atom. The molecule has 1 fully saturated rings. The lowest BCUT2D eigenvalue weighted by molar-refractivity contribution is 0.0908. The fraction of sp³-hybridized carbons (Fsp3) is 0.533. The number of nitrogens with two attached hydrogens (primary N) is 1. The Morgan fingerprint density at radius 1 is 1.48 bits per heavy atom. The molecule has 0 atom stereocenters. The molecule has 116 valence electrons. The third-order valence-electron chi connectivity index (χ3n) is 3.93. The average molecular weight is 295 g/mol. The van der Waals surface area contributed by atoms with Gasteiger partial charge in [0.1, 0.15) is 11.6 Å². The maximum Gasteiger partial charge on any atom is 0.254 e. The molecule has 1 aliphatic heterocycles. The van der Waals surface area contributed by atoms with Crippen LogP contribution in [-0.4, -0.2) is 43.6 Å². The van der Waals surface area contributed by atoms with Crippen LogP contribution >= 0.6 is 0 Å². The highest BCUT2D eigenvalue weighted by Crippen LogP contribution is 2.25. The summed E-state index contributed by atoms with van der Waals surface area (Å²) in [6.07, 6.45) is 1.76. The third-order valence-corrected chi connectivity index (χ3v) is 3.93. The number of nitrogens with one attached hydrogen (secondary N) is 1. The van der Waals surface area contributed by atoms with Crippen molar-refractivity contribution in [2.24, 2.45) is 0 Å². The largest absolute Gasteiger partial charge is 0.495 e. The topological polar surface area (TPSA) is 67.6 Å². The SMILES string of the molecule is CCN1CCC(NC(=O)c2cc(OC)c(N)cc2F)CC1. The Balaban J connectivity index is 2.04. The number of hydrogen-bond acceptors (Lipinski definition) is 4. The zero-order chi connectivity index (χ0) is 15.4. The van der Waals surface area contributed by atoms with Gasteiger partial charge < -0.3 is 20.7 Å². The zero-order valence-electron chi connectivity index (χ0n) is 12.5. The maximum atomic E-state index is 13.9. The van der Waals surface area contributed by atoms with E-state index >= 15 is 0 Å². The van der Waals surface area contributed by atoms with E-state index in [4.69, 9.17) is 10.5 Å². The lowest BCUT2D eigenvalue weighted by Gasteiger charge is -2.31.